The maximum absolute atomic E-state index is 9.59. The summed E-state index contributed by atoms with van der Waals surface area (Å²) in [5.74, 6) is 0. The highest BCUT2D eigenvalue weighted by Crippen LogP contribution is 1.94. The van der Waals surface area contributed by atoms with Crippen LogP contribution in [0.25, 0.3) is 0 Å². The Morgan fingerprint density at radius 1 is 0.750 bits per heavy atom. The topological polar surface area (TPSA) is 43.7 Å². The summed E-state index contributed by atoms with van der Waals surface area (Å²) >= 11 is 0. The van der Waals surface area contributed by atoms with Crippen LogP contribution in [-0.4, -0.2) is 99.9 Å². The largest absolute Gasteiger partial charge is 0.400 e. The number of likely N-dealkylation sites (N-methyl/N-ethyl adjacent to an activating group) is 2. The summed E-state index contributed by atoms with van der Waals surface area (Å²) in [4.78, 5) is 0. The van der Waals surface area contributed by atoms with Gasteiger partial charge in [-0.2, -0.15) is 5.06 Å². The van der Waals surface area contributed by atoms with Gasteiger partial charge in [-0.15, -0.1) is 0 Å². The van der Waals surface area contributed by atoms with Gasteiger partial charge in [0.05, 0.1) is 68.5 Å². The molecule has 0 amide bonds. The molecule has 0 unspecified atom stereocenters. The number of aliphatic hydroxyl groups excluding tert-OH is 1. The average Bonchev–Trinajstić information content (AvgIpc) is 2.12. The Morgan fingerprint density at radius 2 is 1.00 bits per heavy atom. The molecule has 0 aromatic heterocycles. The molecular formula is C11H31N3O2+2. The van der Waals surface area contributed by atoms with E-state index >= 15 is 0 Å². The molecule has 0 aliphatic rings. The van der Waals surface area contributed by atoms with Gasteiger partial charge in [-0.3, -0.25) is 0 Å². The molecule has 0 aromatic rings. The van der Waals surface area contributed by atoms with E-state index in [1.807, 2.05) is 0 Å². The fourth-order valence-corrected chi connectivity index (χ4v) is 0.943. The number of quaternary nitrogens is 2. The van der Waals surface area contributed by atoms with E-state index in [1.54, 1.807) is 0 Å². The molecule has 0 aromatic carbocycles. The van der Waals surface area contributed by atoms with E-state index in [1.165, 1.54) is 5.06 Å². The Kier molecular flexibility index (Phi) is 9.06. The molecule has 0 rings (SSSR count). The lowest BCUT2D eigenvalue weighted by molar-refractivity contribution is -0.873. The molecule has 0 radical (unpaired) electrons. The molecule has 0 aliphatic heterocycles. The van der Waals surface area contributed by atoms with Crippen LogP contribution in [0, 0.1) is 0 Å². The summed E-state index contributed by atoms with van der Waals surface area (Å²) in [7, 11) is 13.8. The predicted octanol–water partition coefficient (Wildman–Crippen LogP) is -0.301. The standard InChI is InChI=1S/C10H27N3O.CH4O/c1-12(2,3)9-7-11(14)8-10-13(4,5)6;1-2/h14H,7-10H2,1-6H3;2H,1H3/q+2;. The first-order valence-electron chi connectivity index (χ1n) is 5.60. The molecular weight excluding hydrogens is 206 g/mol. The van der Waals surface area contributed by atoms with Gasteiger partial charge in [0.1, 0.15) is 0 Å². The average molecular weight is 237 g/mol. The highest BCUT2D eigenvalue weighted by atomic mass is 16.5. The minimum Gasteiger partial charge on any atom is -0.400 e. The third-order valence-electron chi connectivity index (χ3n) is 2.06. The van der Waals surface area contributed by atoms with Gasteiger partial charge >= 0.3 is 0 Å². The van der Waals surface area contributed by atoms with Crippen molar-refractivity contribution in [2.45, 2.75) is 0 Å². The van der Waals surface area contributed by atoms with E-state index in [-0.39, 0.29) is 0 Å². The Hall–Kier alpha value is -0.200. The summed E-state index contributed by atoms with van der Waals surface area (Å²) in [6, 6.07) is 0. The maximum atomic E-state index is 9.59. The Labute approximate surface area is 101 Å². The van der Waals surface area contributed by atoms with Gasteiger partial charge in [-0.05, 0) is 0 Å². The van der Waals surface area contributed by atoms with Gasteiger partial charge in [0.25, 0.3) is 0 Å². The molecule has 100 valence electrons. The van der Waals surface area contributed by atoms with Gasteiger partial charge in [0.15, 0.2) is 0 Å². The van der Waals surface area contributed by atoms with Crippen molar-refractivity contribution < 1.29 is 19.3 Å². The van der Waals surface area contributed by atoms with Crippen LogP contribution in [-0.2, 0) is 0 Å². The zero-order valence-electron chi connectivity index (χ0n) is 12.1. The molecule has 0 heterocycles. The lowest BCUT2D eigenvalue weighted by Gasteiger charge is -2.28. The van der Waals surface area contributed by atoms with E-state index in [0.29, 0.717) is 0 Å². The van der Waals surface area contributed by atoms with Crippen molar-refractivity contribution in [1.29, 1.82) is 0 Å². The van der Waals surface area contributed by atoms with Crippen LogP contribution in [0.3, 0.4) is 0 Å². The molecule has 0 aliphatic carbocycles. The molecule has 2 N–H and O–H groups in total. The molecule has 16 heavy (non-hydrogen) atoms. The van der Waals surface area contributed by atoms with Gasteiger partial charge in [0.2, 0.25) is 0 Å². The third kappa shape index (κ3) is 16.2. The molecule has 0 atom stereocenters. The lowest BCUT2D eigenvalue weighted by Crippen LogP contribution is -2.45. The number of rotatable bonds is 6. The van der Waals surface area contributed by atoms with Crippen molar-refractivity contribution >= 4 is 0 Å². The van der Waals surface area contributed by atoms with E-state index in [4.69, 9.17) is 5.11 Å². The van der Waals surface area contributed by atoms with Crippen LogP contribution >= 0.6 is 0 Å². The Balaban J connectivity index is 0. The van der Waals surface area contributed by atoms with E-state index in [0.717, 1.165) is 42.3 Å². The van der Waals surface area contributed by atoms with Crippen molar-refractivity contribution in [3.8, 4) is 0 Å². The summed E-state index contributed by atoms with van der Waals surface area (Å²) < 4.78 is 1.78. The van der Waals surface area contributed by atoms with Crippen molar-refractivity contribution in [3.63, 3.8) is 0 Å². The second kappa shape index (κ2) is 7.97. The second-order valence-corrected chi connectivity index (χ2v) is 5.98. The van der Waals surface area contributed by atoms with Gasteiger partial charge in [0, 0.05) is 7.11 Å². The van der Waals surface area contributed by atoms with Crippen LogP contribution in [0.4, 0.5) is 0 Å². The van der Waals surface area contributed by atoms with Crippen LogP contribution in [0.5, 0.6) is 0 Å². The highest BCUT2D eigenvalue weighted by Gasteiger charge is 2.13. The molecule has 0 spiro atoms. The minimum absolute atomic E-state index is 0.740. The van der Waals surface area contributed by atoms with Crippen molar-refractivity contribution in [3.05, 3.63) is 0 Å². The summed E-state index contributed by atoms with van der Waals surface area (Å²) in [5.41, 5.74) is 0. The number of aliphatic hydroxyl groups is 1. The van der Waals surface area contributed by atoms with Crippen LogP contribution in [0.15, 0.2) is 0 Å². The van der Waals surface area contributed by atoms with E-state index < -0.39 is 0 Å². The zero-order chi connectivity index (χ0) is 13.4. The Bertz CT molecular complexity index is 144. The number of hydrogen-bond donors (Lipinski definition) is 2. The van der Waals surface area contributed by atoms with E-state index in [2.05, 4.69) is 42.3 Å². The first-order valence-corrected chi connectivity index (χ1v) is 5.60. The van der Waals surface area contributed by atoms with Crippen LogP contribution in [0.2, 0.25) is 0 Å². The number of hydrogen-bond acceptors (Lipinski definition) is 3. The quantitative estimate of drug-likeness (QED) is 0.492. The third-order valence-corrected chi connectivity index (χ3v) is 2.06. The predicted molar refractivity (Wildman–Crippen MR) is 67.3 cm³/mol. The molecule has 5 heteroatoms. The first-order chi connectivity index (χ1) is 7.10. The molecule has 0 bridgehead atoms. The second-order valence-electron chi connectivity index (χ2n) is 5.98. The number of nitrogens with zero attached hydrogens (tertiary/aromatic N) is 3. The summed E-state index contributed by atoms with van der Waals surface area (Å²) in [6.07, 6.45) is 0. The minimum atomic E-state index is 0.740. The van der Waals surface area contributed by atoms with Gasteiger partial charge in [-0.1, -0.05) is 0 Å². The van der Waals surface area contributed by atoms with Crippen molar-refractivity contribution in [1.82, 2.24) is 5.06 Å². The normalized spacial score (nSPS) is 12.4. The van der Waals surface area contributed by atoms with Crippen molar-refractivity contribution in [2.75, 3.05) is 75.6 Å². The molecule has 5 nitrogen and oxygen atoms in total. The monoisotopic (exact) mass is 237 g/mol. The SMILES string of the molecule is CO.C[N+](C)(C)CCN(O)CC[N+](C)(C)C. The lowest BCUT2D eigenvalue weighted by atomic mass is 10.4. The zero-order valence-corrected chi connectivity index (χ0v) is 12.1. The van der Waals surface area contributed by atoms with Crippen LogP contribution in [0.1, 0.15) is 0 Å². The number of hydroxylamine groups is 2. The fraction of sp³-hybridized carbons (Fsp3) is 1.00. The van der Waals surface area contributed by atoms with Gasteiger partial charge in [-0.25, -0.2) is 0 Å². The van der Waals surface area contributed by atoms with Crippen molar-refractivity contribution in [2.24, 2.45) is 0 Å². The Morgan fingerprint density at radius 3 is 1.19 bits per heavy atom. The van der Waals surface area contributed by atoms with Gasteiger partial charge < -0.3 is 19.3 Å². The molecule has 0 fully saturated rings. The first kappa shape index (κ1) is 18.2. The highest BCUT2D eigenvalue weighted by molar-refractivity contribution is 4.43. The smallest absolute Gasteiger partial charge is 0.0933 e. The van der Waals surface area contributed by atoms with Crippen LogP contribution < -0.4 is 0 Å². The summed E-state index contributed by atoms with van der Waals surface area (Å²) in [6.45, 7) is 3.41. The maximum Gasteiger partial charge on any atom is 0.0933 e. The molecule has 0 saturated heterocycles. The fourth-order valence-electron chi connectivity index (χ4n) is 0.943. The summed E-state index contributed by atoms with van der Waals surface area (Å²) in [5, 5.41) is 18.0. The van der Waals surface area contributed by atoms with E-state index in [9.17, 15) is 5.21 Å². The molecule has 0 saturated carbocycles.